The van der Waals surface area contributed by atoms with E-state index in [9.17, 15) is 0 Å². The van der Waals surface area contributed by atoms with Gasteiger partial charge in [0.2, 0.25) is 0 Å². The molecule has 0 amide bonds. The number of ether oxygens (including phenoxy) is 2. The molecule has 1 aliphatic rings. The first-order valence-corrected chi connectivity index (χ1v) is 9.47. The van der Waals surface area contributed by atoms with Gasteiger partial charge in [0.25, 0.3) is 0 Å². The van der Waals surface area contributed by atoms with Crippen molar-refractivity contribution in [2.75, 3.05) is 39.2 Å². The molecule has 0 radical (unpaired) electrons. The fourth-order valence-corrected chi connectivity index (χ4v) is 3.43. The Morgan fingerprint density at radius 2 is 2.04 bits per heavy atom. The van der Waals surface area contributed by atoms with Gasteiger partial charge in [0.05, 0.1) is 19.4 Å². The summed E-state index contributed by atoms with van der Waals surface area (Å²) in [5.41, 5.74) is 1.85. The lowest BCUT2D eigenvalue weighted by Crippen LogP contribution is -2.27. The summed E-state index contributed by atoms with van der Waals surface area (Å²) in [6, 6.07) is 11.9. The van der Waals surface area contributed by atoms with E-state index in [1.807, 2.05) is 43.4 Å². The van der Waals surface area contributed by atoms with Crippen LogP contribution in [0.3, 0.4) is 0 Å². The minimum absolute atomic E-state index is 0.750. The number of aromatic nitrogens is 1. The molecule has 1 saturated heterocycles. The van der Waals surface area contributed by atoms with Crippen LogP contribution in [-0.4, -0.2) is 38.8 Å². The van der Waals surface area contributed by atoms with Crippen LogP contribution >= 0.6 is 0 Å². The third-order valence-electron chi connectivity index (χ3n) is 4.94. The van der Waals surface area contributed by atoms with Gasteiger partial charge in [-0.1, -0.05) is 6.07 Å². The van der Waals surface area contributed by atoms with Gasteiger partial charge in [0, 0.05) is 18.7 Å². The smallest absolute Gasteiger partial charge is 0.131 e. The molecule has 1 aromatic heterocycles. The van der Waals surface area contributed by atoms with Crippen molar-refractivity contribution in [1.82, 2.24) is 10.3 Å². The van der Waals surface area contributed by atoms with Crippen molar-refractivity contribution < 1.29 is 9.47 Å². The first kappa shape index (κ1) is 18.5. The van der Waals surface area contributed by atoms with E-state index in [0.717, 1.165) is 60.6 Å². The van der Waals surface area contributed by atoms with Crippen LogP contribution in [0.15, 0.2) is 36.4 Å². The van der Waals surface area contributed by atoms with Crippen molar-refractivity contribution >= 4 is 5.82 Å². The zero-order valence-corrected chi connectivity index (χ0v) is 15.8. The lowest BCUT2D eigenvalue weighted by molar-refractivity contribution is 0.273. The van der Waals surface area contributed by atoms with Crippen LogP contribution in [0.4, 0.5) is 5.82 Å². The molecule has 3 rings (SSSR count). The topological polar surface area (TPSA) is 55.4 Å². The molecule has 5 nitrogen and oxygen atoms in total. The number of methoxy groups -OCH3 is 1. The van der Waals surface area contributed by atoms with Crippen molar-refractivity contribution in [3.8, 4) is 22.8 Å². The summed E-state index contributed by atoms with van der Waals surface area (Å²) in [5, 5.41) is 6.48. The second-order valence-corrected chi connectivity index (χ2v) is 6.70. The Bertz CT molecular complexity index is 699. The van der Waals surface area contributed by atoms with E-state index in [0.29, 0.717) is 0 Å². The summed E-state index contributed by atoms with van der Waals surface area (Å²) in [6.07, 6.45) is 4.93. The summed E-state index contributed by atoms with van der Waals surface area (Å²) in [6.45, 7) is 3.07. The third-order valence-corrected chi connectivity index (χ3v) is 4.94. The van der Waals surface area contributed by atoms with Crippen molar-refractivity contribution in [1.29, 1.82) is 0 Å². The zero-order chi connectivity index (χ0) is 18.2. The van der Waals surface area contributed by atoms with Gasteiger partial charge in [0.1, 0.15) is 17.3 Å². The molecule has 2 aromatic rings. The molecule has 26 heavy (non-hydrogen) atoms. The van der Waals surface area contributed by atoms with Gasteiger partial charge in [-0.25, -0.2) is 4.98 Å². The predicted molar refractivity (Wildman–Crippen MR) is 106 cm³/mol. The van der Waals surface area contributed by atoms with Gasteiger partial charge in [-0.05, 0) is 69.0 Å². The molecule has 1 fully saturated rings. The Hall–Kier alpha value is -2.27. The van der Waals surface area contributed by atoms with E-state index < -0.39 is 0 Å². The molecular formula is C21H29N3O2. The van der Waals surface area contributed by atoms with E-state index >= 15 is 0 Å². The number of nitrogens with one attached hydrogen (secondary N) is 2. The molecule has 0 bridgehead atoms. The average Bonchev–Trinajstić information content (AvgIpc) is 2.72. The highest BCUT2D eigenvalue weighted by molar-refractivity contribution is 5.69. The summed E-state index contributed by atoms with van der Waals surface area (Å²) in [7, 11) is 3.55. The van der Waals surface area contributed by atoms with Gasteiger partial charge in [-0.15, -0.1) is 0 Å². The Balaban J connectivity index is 1.59. The maximum atomic E-state index is 5.95. The van der Waals surface area contributed by atoms with E-state index in [-0.39, 0.29) is 0 Å². The van der Waals surface area contributed by atoms with Gasteiger partial charge < -0.3 is 20.1 Å². The normalized spacial score (nSPS) is 14.8. The van der Waals surface area contributed by atoms with Gasteiger partial charge in [0.15, 0.2) is 0 Å². The number of nitrogens with zero attached hydrogens (tertiary/aromatic N) is 1. The van der Waals surface area contributed by atoms with Gasteiger partial charge >= 0.3 is 0 Å². The van der Waals surface area contributed by atoms with E-state index in [2.05, 4.69) is 15.6 Å². The predicted octanol–water partition coefficient (Wildman–Crippen LogP) is 3.96. The van der Waals surface area contributed by atoms with Crippen LogP contribution in [-0.2, 0) is 0 Å². The molecule has 0 spiro atoms. The lowest BCUT2D eigenvalue weighted by Gasteiger charge is -2.22. The molecule has 0 unspecified atom stereocenters. The van der Waals surface area contributed by atoms with E-state index in [1.165, 1.54) is 19.3 Å². The molecule has 2 N–H and O–H groups in total. The summed E-state index contributed by atoms with van der Waals surface area (Å²) in [4.78, 5) is 4.59. The highest BCUT2D eigenvalue weighted by Gasteiger charge is 2.13. The molecule has 0 atom stereocenters. The van der Waals surface area contributed by atoms with Gasteiger partial charge in [-0.2, -0.15) is 0 Å². The van der Waals surface area contributed by atoms with Crippen LogP contribution in [0.2, 0.25) is 0 Å². The maximum absolute atomic E-state index is 5.95. The Morgan fingerprint density at radius 3 is 2.81 bits per heavy atom. The van der Waals surface area contributed by atoms with Crippen LogP contribution in [0, 0.1) is 5.92 Å². The lowest BCUT2D eigenvalue weighted by atomic mass is 9.93. The van der Waals surface area contributed by atoms with Crippen molar-refractivity contribution in [3.05, 3.63) is 36.4 Å². The Labute approximate surface area is 156 Å². The molecule has 0 aliphatic carbocycles. The Morgan fingerprint density at radius 1 is 1.19 bits per heavy atom. The van der Waals surface area contributed by atoms with Crippen LogP contribution < -0.4 is 20.1 Å². The summed E-state index contributed by atoms with van der Waals surface area (Å²) < 4.78 is 11.5. The SMILES string of the molecule is CNc1cccc(-c2ccc(OCCCC3CCNCC3)cc2OC)n1. The molecular weight excluding hydrogens is 326 g/mol. The first-order valence-electron chi connectivity index (χ1n) is 9.47. The highest BCUT2D eigenvalue weighted by Crippen LogP contribution is 2.33. The van der Waals surface area contributed by atoms with Crippen LogP contribution in [0.1, 0.15) is 25.7 Å². The van der Waals surface area contributed by atoms with E-state index in [1.54, 1.807) is 7.11 Å². The van der Waals surface area contributed by atoms with Crippen molar-refractivity contribution in [3.63, 3.8) is 0 Å². The highest BCUT2D eigenvalue weighted by atomic mass is 16.5. The Kier molecular flexibility index (Phi) is 6.72. The fraction of sp³-hybridized carbons (Fsp3) is 0.476. The molecule has 2 heterocycles. The first-order chi connectivity index (χ1) is 12.8. The quantitative estimate of drug-likeness (QED) is 0.702. The van der Waals surface area contributed by atoms with Crippen molar-refractivity contribution in [2.45, 2.75) is 25.7 Å². The number of anilines is 1. The number of piperidine rings is 1. The number of pyridine rings is 1. The fourth-order valence-electron chi connectivity index (χ4n) is 3.43. The monoisotopic (exact) mass is 355 g/mol. The standard InChI is InChI=1S/C21H29N3O2/c1-22-21-7-3-6-19(24-21)18-9-8-17(15-20(18)25-2)26-14-4-5-16-10-12-23-13-11-16/h3,6-9,15-16,23H,4-5,10-14H2,1-2H3,(H,22,24). The second-order valence-electron chi connectivity index (χ2n) is 6.70. The number of rotatable bonds is 8. The van der Waals surface area contributed by atoms with Crippen molar-refractivity contribution in [2.24, 2.45) is 5.92 Å². The number of benzene rings is 1. The zero-order valence-electron chi connectivity index (χ0n) is 15.8. The third kappa shape index (κ3) is 4.88. The van der Waals surface area contributed by atoms with Gasteiger partial charge in [-0.3, -0.25) is 0 Å². The molecule has 0 saturated carbocycles. The average molecular weight is 355 g/mol. The molecule has 1 aromatic carbocycles. The molecule has 140 valence electrons. The largest absolute Gasteiger partial charge is 0.496 e. The van der Waals surface area contributed by atoms with Crippen LogP contribution in [0.5, 0.6) is 11.5 Å². The molecule has 5 heteroatoms. The molecule has 1 aliphatic heterocycles. The minimum Gasteiger partial charge on any atom is -0.496 e. The number of hydrogen-bond acceptors (Lipinski definition) is 5. The second kappa shape index (κ2) is 9.43. The summed E-state index contributed by atoms with van der Waals surface area (Å²) >= 11 is 0. The minimum atomic E-state index is 0.750. The maximum Gasteiger partial charge on any atom is 0.131 e. The van der Waals surface area contributed by atoms with Crippen LogP contribution in [0.25, 0.3) is 11.3 Å². The number of hydrogen-bond donors (Lipinski definition) is 2. The van der Waals surface area contributed by atoms with E-state index in [4.69, 9.17) is 9.47 Å². The summed E-state index contributed by atoms with van der Waals surface area (Å²) in [5.74, 6) is 3.31.